The van der Waals surface area contributed by atoms with Gasteiger partial charge in [0.2, 0.25) is 0 Å². The molecule has 0 bridgehead atoms. The van der Waals surface area contributed by atoms with Crippen LogP contribution in [-0.4, -0.2) is 34.4 Å². The summed E-state index contributed by atoms with van der Waals surface area (Å²) in [5, 5.41) is 14.0. The minimum Gasteiger partial charge on any atom is -0.400 e. The Morgan fingerprint density at radius 2 is 1.06 bits per heavy atom. The molecule has 0 aliphatic heterocycles. The fourth-order valence-corrected chi connectivity index (χ4v) is 0.555. The van der Waals surface area contributed by atoms with Crippen LogP contribution in [0.2, 0.25) is 0 Å². The summed E-state index contributed by atoms with van der Waals surface area (Å²) in [6.45, 7) is 0. The summed E-state index contributed by atoms with van der Waals surface area (Å²) >= 11 is 0. The second-order valence-corrected chi connectivity index (χ2v) is 1.92. The summed E-state index contributed by atoms with van der Waals surface area (Å²) < 4.78 is 0. The summed E-state index contributed by atoms with van der Waals surface area (Å²) in [7, 11) is 2.00. The van der Waals surface area contributed by atoms with Gasteiger partial charge >= 0.3 is 0 Å². The molecule has 0 aromatic carbocycles. The van der Waals surface area contributed by atoms with Gasteiger partial charge < -0.3 is 20.2 Å². The fourth-order valence-electron chi connectivity index (χ4n) is 0.555. The molecule has 0 aliphatic carbocycles. The number of aliphatic hydroxyl groups is 2. The van der Waals surface area contributed by atoms with Crippen molar-refractivity contribution in [3.05, 3.63) is 61.2 Å². The molecule has 0 aliphatic rings. The zero-order valence-electron chi connectivity index (χ0n) is 9.71. The Balaban J connectivity index is -0.000000171. The van der Waals surface area contributed by atoms with E-state index < -0.39 is 0 Å². The largest absolute Gasteiger partial charge is 0.400 e. The van der Waals surface area contributed by atoms with E-state index in [1.807, 2.05) is 24.3 Å². The summed E-state index contributed by atoms with van der Waals surface area (Å²) in [4.78, 5) is 7.32. The van der Waals surface area contributed by atoms with Crippen molar-refractivity contribution in [2.75, 3.05) is 14.2 Å². The normalized spacial score (nSPS) is 6.35. The van der Waals surface area contributed by atoms with E-state index in [0.29, 0.717) is 0 Å². The van der Waals surface area contributed by atoms with Gasteiger partial charge in [0, 0.05) is 36.6 Å². The molecule has 1 radical (unpaired) electrons. The van der Waals surface area contributed by atoms with Crippen molar-refractivity contribution in [2.24, 2.45) is 0 Å². The van der Waals surface area contributed by atoms with Gasteiger partial charge in [0.05, 0.1) is 0 Å². The first-order valence-electron chi connectivity index (χ1n) is 4.44. The van der Waals surface area contributed by atoms with E-state index in [1.165, 1.54) is 0 Å². The molecule has 0 saturated carbocycles. The number of aromatic nitrogens is 2. The molecule has 2 aromatic rings. The number of nitrogens with zero attached hydrogens (tertiary/aromatic N) is 2. The molecule has 2 aromatic heterocycles. The maximum atomic E-state index is 7.00. The number of hydrogen-bond acceptors (Lipinski definition) is 4. The van der Waals surface area contributed by atoms with Crippen molar-refractivity contribution in [3.63, 3.8) is 0 Å². The minimum absolute atomic E-state index is 0. The minimum atomic E-state index is 0. The van der Waals surface area contributed by atoms with E-state index >= 15 is 0 Å². The third kappa shape index (κ3) is 20.9. The molecular formula is C12H16AgN2O2-2. The first-order chi connectivity index (χ1) is 8.00. The van der Waals surface area contributed by atoms with Gasteiger partial charge in [-0.05, 0) is 0 Å². The molecular weight excluding hydrogens is 312 g/mol. The second kappa shape index (κ2) is 24.3. The van der Waals surface area contributed by atoms with Crippen molar-refractivity contribution in [3.8, 4) is 0 Å². The van der Waals surface area contributed by atoms with Crippen LogP contribution in [0.1, 0.15) is 0 Å². The maximum absolute atomic E-state index is 7.00. The third-order valence-electron chi connectivity index (χ3n) is 1.03. The predicted molar refractivity (Wildman–Crippen MR) is 62.4 cm³/mol. The number of aliphatic hydroxyl groups excluding tert-OH is 2. The van der Waals surface area contributed by atoms with Crippen LogP contribution in [0, 0.1) is 12.4 Å². The van der Waals surface area contributed by atoms with E-state index in [1.54, 1.807) is 24.5 Å². The Morgan fingerprint density at radius 3 is 1.12 bits per heavy atom. The number of hydrogen-bond donors (Lipinski definition) is 2. The molecule has 0 unspecified atom stereocenters. The van der Waals surface area contributed by atoms with Crippen LogP contribution in [0.5, 0.6) is 0 Å². The van der Waals surface area contributed by atoms with Crippen LogP contribution >= 0.6 is 0 Å². The molecule has 4 nitrogen and oxygen atoms in total. The van der Waals surface area contributed by atoms with Crippen molar-refractivity contribution >= 4 is 0 Å². The molecule has 0 spiro atoms. The zero-order chi connectivity index (χ0) is 12.5. The number of pyridine rings is 2. The van der Waals surface area contributed by atoms with Crippen LogP contribution in [0.25, 0.3) is 0 Å². The van der Waals surface area contributed by atoms with Crippen LogP contribution in [0.3, 0.4) is 0 Å². The standard InChI is InChI=1S/2C5H4N.2CH4O.Ag/c2*1-2-4-6-5-3-1;2*1-2;/h2*1-4H;2*2H,1H3;/q2*-1;;;. The van der Waals surface area contributed by atoms with Gasteiger partial charge in [-0.3, -0.25) is 0 Å². The topological polar surface area (TPSA) is 66.2 Å². The molecule has 0 saturated heterocycles. The monoisotopic (exact) mass is 327 g/mol. The molecule has 2 rings (SSSR count). The maximum Gasteiger partial charge on any atom is 0.0319 e. The molecule has 99 valence electrons. The Morgan fingerprint density at radius 1 is 0.706 bits per heavy atom. The van der Waals surface area contributed by atoms with Gasteiger partial charge in [0.1, 0.15) is 0 Å². The van der Waals surface area contributed by atoms with Gasteiger partial charge in [0.25, 0.3) is 0 Å². The van der Waals surface area contributed by atoms with Crippen molar-refractivity contribution in [1.29, 1.82) is 0 Å². The van der Waals surface area contributed by atoms with Gasteiger partial charge in [-0.2, -0.15) is 36.4 Å². The summed E-state index contributed by atoms with van der Waals surface area (Å²) in [6, 6.07) is 11.0. The van der Waals surface area contributed by atoms with Crippen LogP contribution in [0.4, 0.5) is 0 Å². The average molecular weight is 328 g/mol. The van der Waals surface area contributed by atoms with Gasteiger partial charge in [-0.15, -0.1) is 0 Å². The fraction of sp³-hybridized carbons (Fsp3) is 0.167. The third-order valence-corrected chi connectivity index (χ3v) is 1.03. The molecule has 5 heteroatoms. The van der Waals surface area contributed by atoms with E-state index in [0.717, 1.165) is 14.2 Å². The first-order valence-corrected chi connectivity index (χ1v) is 4.44. The Labute approximate surface area is 118 Å². The van der Waals surface area contributed by atoms with Gasteiger partial charge in [-0.1, -0.05) is 24.8 Å². The van der Waals surface area contributed by atoms with Gasteiger partial charge in [0.15, 0.2) is 0 Å². The first kappa shape index (κ1) is 21.3. The molecule has 0 amide bonds. The van der Waals surface area contributed by atoms with Crippen molar-refractivity contribution < 1.29 is 32.6 Å². The molecule has 2 N–H and O–H groups in total. The SMILES string of the molecule is CO.CO.[Ag].[c-]1ccccn1.[c-]1ccccn1. The van der Waals surface area contributed by atoms with Crippen LogP contribution < -0.4 is 0 Å². The van der Waals surface area contributed by atoms with E-state index in [9.17, 15) is 0 Å². The van der Waals surface area contributed by atoms with E-state index in [4.69, 9.17) is 10.2 Å². The second-order valence-electron chi connectivity index (χ2n) is 1.92. The predicted octanol–water partition coefficient (Wildman–Crippen LogP) is 0.978. The van der Waals surface area contributed by atoms with Crippen molar-refractivity contribution in [2.45, 2.75) is 0 Å². The molecule has 17 heavy (non-hydrogen) atoms. The van der Waals surface area contributed by atoms with Crippen LogP contribution in [0.15, 0.2) is 48.8 Å². The quantitative estimate of drug-likeness (QED) is 0.559. The average Bonchev–Trinajstić information content (AvgIpc) is 2.48. The summed E-state index contributed by atoms with van der Waals surface area (Å²) in [5.41, 5.74) is 0. The summed E-state index contributed by atoms with van der Waals surface area (Å²) in [6.07, 6.45) is 8.67. The van der Waals surface area contributed by atoms with Gasteiger partial charge in [-0.25, -0.2) is 0 Å². The number of rotatable bonds is 0. The molecule has 0 atom stereocenters. The van der Waals surface area contributed by atoms with E-state index in [-0.39, 0.29) is 22.4 Å². The smallest absolute Gasteiger partial charge is 0.0319 e. The molecule has 2 heterocycles. The van der Waals surface area contributed by atoms with Crippen LogP contribution in [-0.2, 0) is 22.4 Å². The summed E-state index contributed by atoms with van der Waals surface area (Å²) in [5.74, 6) is 0. The zero-order valence-corrected chi connectivity index (χ0v) is 11.2. The molecule has 0 fully saturated rings. The van der Waals surface area contributed by atoms with Crippen molar-refractivity contribution in [1.82, 2.24) is 9.97 Å². The Kier molecular flexibility index (Phi) is 30.4. The Bertz CT molecular complexity index is 198. The Hall–Kier alpha value is -1.04. The van der Waals surface area contributed by atoms with E-state index in [2.05, 4.69) is 22.4 Å².